The quantitative estimate of drug-likeness (QED) is 0.395. The van der Waals surface area contributed by atoms with E-state index in [2.05, 4.69) is 14.9 Å². The molecule has 1 rings (SSSR count). The normalized spacial score (nSPS) is 13.1. The van der Waals surface area contributed by atoms with Crippen molar-refractivity contribution in [3.8, 4) is 0 Å². The highest BCUT2D eigenvalue weighted by atomic mass is 32.2. The monoisotopic (exact) mass is 336 g/mol. The zero-order valence-electron chi connectivity index (χ0n) is 12.0. The summed E-state index contributed by atoms with van der Waals surface area (Å²) in [7, 11) is -7.16. The fourth-order valence-electron chi connectivity index (χ4n) is 1.63. The number of nitrogens with two attached hydrogens (primary N) is 1. The Bertz CT molecular complexity index is 681. The molecule has 21 heavy (non-hydrogen) atoms. The fourth-order valence-corrected chi connectivity index (χ4v) is 3.91. The van der Waals surface area contributed by atoms with Crippen LogP contribution >= 0.6 is 0 Å². The smallest absolute Gasteiger partial charge is 0.240 e. The van der Waals surface area contributed by atoms with Crippen molar-refractivity contribution >= 4 is 25.7 Å². The molecule has 0 bridgehead atoms. The topological polar surface area (TPSA) is 130 Å². The van der Waals surface area contributed by atoms with E-state index in [1.54, 1.807) is 13.8 Å². The van der Waals surface area contributed by atoms with E-state index in [1.807, 2.05) is 0 Å². The highest BCUT2D eigenvalue weighted by Gasteiger charge is 2.25. The van der Waals surface area contributed by atoms with Crippen LogP contribution in [0, 0.1) is 0 Å². The minimum atomic E-state index is -3.73. The minimum Gasteiger partial charge on any atom is -0.324 e. The zero-order chi connectivity index (χ0) is 16.3. The van der Waals surface area contributed by atoms with Crippen LogP contribution in [0.2, 0.25) is 0 Å². The second kappa shape index (κ2) is 6.28. The summed E-state index contributed by atoms with van der Waals surface area (Å²) in [5.74, 6) is 5.20. The van der Waals surface area contributed by atoms with Crippen LogP contribution in [0.1, 0.15) is 13.8 Å². The molecule has 0 saturated carbocycles. The highest BCUT2D eigenvalue weighted by Crippen LogP contribution is 2.13. The van der Waals surface area contributed by atoms with Crippen LogP contribution in [0.4, 0.5) is 5.69 Å². The van der Waals surface area contributed by atoms with Crippen molar-refractivity contribution in [1.82, 2.24) is 9.44 Å². The van der Waals surface area contributed by atoms with Crippen LogP contribution in [0.25, 0.3) is 0 Å². The second-order valence-corrected chi connectivity index (χ2v) is 8.77. The molecule has 0 aliphatic rings. The van der Waals surface area contributed by atoms with Gasteiger partial charge >= 0.3 is 0 Å². The number of nitrogen functional groups attached to an aromatic ring is 1. The van der Waals surface area contributed by atoms with E-state index in [0.29, 0.717) is 5.69 Å². The lowest BCUT2D eigenvalue weighted by Crippen LogP contribution is -2.50. The van der Waals surface area contributed by atoms with Crippen molar-refractivity contribution in [1.29, 1.82) is 0 Å². The first-order valence-electron chi connectivity index (χ1n) is 6.00. The van der Waals surface area contributed by atoms with Gasteiger partial charge < -0.3 is 5.43 Å². The van der Waals surface area contributed by atoms with Gasteiger partial charge in [0.25, 0.3) is 0 Å². The molecule has 0 spiro atoms. The van der Waals surface area contributed by atoms with E-state index < -0.39 is 25.6 Å². The molecular weight excluding hydrogens is 316 g/mol. The van der Waals surface area contributed by atoms with Gasteiger partial charge in [0, 0.05) is 17.8 Å². The summed E-state index contributed by atoms with van der Waals surface area (Å²) in [4.78, 5) is 0.0663. The molecule has 120 valence electrons. The van der Waals surface area contributed by atoms with Crippen molar-refractivity contribution in [2.24, 2.45) is 5.84 Å². The predicted molar refractivity (Wildman–Crippen MR) is 81.5 cm³/mol. The molecule has 0 radical (unpaired) electrons. The molecule has 0 aliphatic heterocycles. The van der Waals surface area contributed by atoms with Crippen LogP contribution in [0.5, 0.6) is 0 Å². The van der Waals surface area contributed by atoms with E-state index in [4.69, 9.17) is 5.84 Å². The number of sulfonamides is 2. The van der Waals surface area contributed by atoms with Crippen LogP contribution in [-0.2, 0) is 20.0 Å². The van der Waals surface area contributed by atoms with E-state index in [-0.39, 0.29) is 11.4 Å². The van der Waals surface area contributed by atoms with Gasteiger partial charge in [0.15, 0.2) is 0 Å². The molecule has 0 aromatic heterocycles. The molecule has 0 unspecified atom stereocenters. The maximum atomic E-state index is 12.1. The van der Waals surface area contributed by atoms with Gasteiger partial charge in [0.2, 0.25) is 20.0 Å². The second-order valence-electron chi connectivity index (χ2n) is 5.25. The van der Waals surface area contributed by atoms with Gasteiger partial charge in [-0.05, 0) is 38.1 Å². The Hall–Kier alpha value is -1.20. The Morgan fingerprint density at radius 1 is 1.10 bits per heavy atom. The predicted octanol–water partition coefficient (Wildman–Crippen LogP) is -0.422. The maximum Gasteiger partial charge on any atom is 0.240 e. The number of hydrogen-bond donors (Lipinski definition) is 4. The molecule has 5 N–H and O–H groups in total. The van der Waals surface area contributed by atoms with E-state index >= 15 is 0 Å². The van der Waals surface area contributed by atoms with E-state index in [1.165, 1.54) is 24.3 Å². The van der Waals surface area contributed by atoms with Crippen LogP contribution < -0.4 is 20.7 Å². The molecule has 0 aliphatic carbocycles. The molecule has 0 amide bonds. The van der Waals surface area contributed by atoms with Crippen molar-refractivity contribution < 1.29 is 16.8 Å². The summed E-state index contributed by atoms with van der Waals surface area (Å²) in [6, 6.07) is 5.84. The molecule has 0 saturated heterocycles. The van der Waals surface area contributed by atoms with Crippen molar-refractivity contribution in [3.63, 3.8) is 0 Å². The first-order valence-corrected chi connectivity index (χ1v) is 9.38. The van der Waals surface area contributed by atoms with E-state index in [9.17, 15) is 16.8 Å². The van der Waals surface area contributed by atoms with Gasteiger partial charge in [-0.2, -0.15) is 0 Å². The molecule has 1 aromatic carbocycles. The SMILES string of the molecule is CC(C)(CNS(=O)(=O)c1ccc(NN)cc1)NS(C)(=O)=O. The van der Waals surface area contributed by atoms with Gasteiger partial charge in [-0.3, -0.25) is 5.84 Å². The van der Waals surface area contributed by atoms with Crippen molar-refractivity contribution in [3.05, 3.63) is 24.3 Å². The van der Waals surface area contributed by atoms with Crippen LogP contribution in [0.15, 0.2) is 29.2 Å². The van der Waals surface area contributed by atoms with Gasteiger partial charge in [-0.1, -0.05) is 0 Å². The number of benzene rings is 1. The number of hydrogen-bond acceptors (Lipinski definition) is 6. The third-order valence-corrected chi connectivity index (χ3v) is 4.84. The lowest BCUT2D eigenvalue weighted by molar-refractivity contribution is 0.446. The van der Waals surface area contributed by atoms with Gasteiger partial charge in [0.05, 0.1) is 11.2 Å². The zero-order valence-corrected chi connectivity index (χ0v) is 13.7. The van der Waals surface area contributed by atoms with Gasteiger partial charge in [-0.25, -0.2) is 26.3 Å². The average molecular weight is 336 g/mol. The Morgan fingerprint density at radius 2 is 1.62 bits per heavy atom. The fraction of sp³-hybridized carbons (Fsp3) is 0.455. The lowest BCUT2D eigenvalue weighted by Gasteiger charge is -2.25. The Morgan fingerprint density at radius 3 is 2.05 bits per heavy atom. The number of hydrazine groups is 1. The summed E-state index contributed by atoms with van der Waals surface area (Å²) in [5.41, 5.74) is 2.03. The van der Waals surface area contributed by atoms with Gasteiger partial charge in [-0.15, -0.1) is 0 Å². The van der Waals surface area contributed by atoms with Gasteiger partial charge in [0.1, 0.15) is 0 Å². The Balaban J connectivity index is 2.81. The number of rotatable bonds is 7. The molecule has 8 nitrogen and oxygen atoms in total. The molecule has 0 fully saturated rings. The number of anilines is 1. The van der Waals surface area contributed by atoms with E-state index in [0.717, 1.165) is 6.26 Å². The lowest BCUT2D eigenvalue weighted by atomic mass is 10.1. The molecule has 1 aromatic rings. The molecule has 0 atom stereocenters. The summed E-state index contributed by atoms with van der Waals surface area (Å²) in [5, 5.41) is 0. The molecule has 10 heteroatoms. The summed E-state index contributed by atoms with van der Waals surface area (Å²) >= 11 is 0. The molecular formula is C11H20N4O4S2. The first-order chi connectivity index (χ1) is 9.45. The third kappa shape index (κ3) is 5.98. The summed E-state index contributed by atoms with van der Waals surface area (Å²) in [6.45, 7) is 3.08. The first kappa shape index (κ1) is 17.9. The largest absolute Gasteiger partial charge is 0.324 e. The highest BCUT2D eigenvalue weighted by molar-refractivity contribution is 7.89. The average Bonchev–Trinajstić information content (AvgIpc) is 2.34. The summed E-state index contributed by atoms with van der Waals surface area (Å²) < 4.78 is 51.3. The molecule has 0 heterocycles. The standard InChI is InChI=1S/C11H20N4O4S2/c1-11(2,15-20(3,16)17)8-13-21(18,19)10-6-4-9(14-12)5-7-10/h4-7,13-15H,8,12H2,1-3H3. The summed E-state index contributed by atoms with van der Waals surface area (Å²) in [6.07, 6.45) is 1.02. The van der Waals surface area contributed by atoms with Crippen LogP contribution in [0.3, 0.4) is 0 Å². The number of nitrogens with one attached hydrogen (secondary N) is 3. The van der Waals surface area contributed by atoms with Crippen molar-refractivity contribution in [2.75, 3.05) is 18.2 Å². The van der Waals surface area contributed by atoms with Crippen LogP contribution in [-0.4, -0.2) is 35.2 Å². The Labute approximate surface area is 125 Å². The Kier molecular flexibility index (Phi) is 5.34. The minimum absolute atomic E-state index is 0.0663. The van der Waals surface area contributed by atoms with Crippen molar-refractivity contribution in [2.45, 2.75) is 24.3 Å². The maximum absolute atomic E-state index is 12.1. The third-order valence-electron chi connectivity index (χ3n) is 2.50.